The Bertz CT molecular complexity index is 985. The van der Waals surface area contributed by atoms with Gasteiger partial charge in [0.25, 0.3) is 17.5 Å². The molecule has 1 amide bonds. The molecule has 0 atom stereocenters. The number of fused-ring (bicyclic) bond motifs is 1. The second kappa shape index (κ2) is 8.13. The number of carbonyl (C=O) groups is 2. The summed E-state index contributed by atoms with van der Waals surface area (Å²) in [4.78, 5) is 32.1. The van der Waals surface area contributed by atoms with Gasteiger partial charge < -0.3 is 10.1 Å². The van der Waals surface area contributed by atoms with Crippen molar-refractivity contribution in [3.05, 3.63) is 58.1 Å². The molecule has 2 heterocycles. The van der Waals surface area contributed by atoms with Crippen molar-refractivity contribution < 1.29 is 14.3 Å². The van der Waals surface area contributed by atoms with E-state index in [4.69, 9.17) is 16.3 Å². The molecule has 0 aliphatic rings. The number of nitrogens with one attached hydrogen (secondary N) is 1. The number of ether oxygens (including phenoxy) is 1. The first kappa shape index (κ1) is 18.8. The van der Waals surface area contributed by atoms with Gasteiger partial charge in [-0.1, -0.05) is 23.7 Å². The van der Waals surface area contributed by atoms with Crippen LogP contribution in [0.15, 0.2) is 30.3 Å². The van der Waals surface area contributed by atoms with Crippen molar-refractivity contribution in [1.29, 1.82) is 0 Å². The van der Waals surface area contributed by atoms with E-state index in [1.165, 1.54) is 4.52 Å². The van der Waals surface area contributed by atoms with Gasteiger partial charge in [-0.3, -0.25) is 4.79 Å². The molecule has 0 saturated heterocycles. The molecule has 0 spiro atoms. The highest BCUT2D eigenvalue weighted by molar-refractivity contribution is 6.30. The number of esters is 1. The monoisotopic (exact) mass is 387 g/mol. The minimum Gasteiger partial charge on any atom is -0.450 e. The van der Waals surface area contributed by atoms with Gasteiger partial charge >= 0.3 is 5.97 Å². The van der Waals surface area contributed by atoms with Crippen LogP contribution in [0.2, 0.25) is 5.02 Å². The Kier molecular flexibility index (Phi) is 5.66. The van der Waals surface area contributed by atoms with Crippen LogP contribution in [0, 0.1) is 13.8 Å². The minimum atomic E-state index is -0.773. The standard InChI is InChI=1S/C18H18ClN5O3/c1-11-9-12(2)24-18(21-11)22-16(23-24)17(26)27-10-15(25)20-8-7-13-3-5-14(19)6-4-13/h3-6,9H,7-8,10H2,1-2H3,(H,20,25). The third kappa shape index (κ3) is 4.79. The molecule has 0 aliphatic heterocycles. The molecule has 9 heteroatoms. The number of hydrogen-bond acceptors (Lipinski definition) is 6. The molecule has 0 fully saturated rings. The van der Waals surface area contributed by atoms with Crippen LogP contribution in [0.5, 0.6) is 0 Å². The average molecular weight is 388 g/mol. The van der Waals surface area contributed by atoms with Crippen molar-refractivity contribution >= 4 is 29.3 Å². The quantitative estimate of drug-likeness (QED) is 0.649. The number of amides is 1. The van der Waals surface area contributed by atoms with E-state index < -0.39 is 18.5 Å². The van der Waals surface area contributed by atoms with E-state index in [2.05, 4.69) is 20.4 Å². The lowest BCUT2D eigenvalue weighted by Crippen LogP contribution is -2.30. The molecular formula is C18H18ClN5O3. The lowest BCUT2D eigenvalue weighted by molar-refractivity contribution is -0.124. The number of rotatable bonds is 6. The van der Waals surface area contributed by atoms with Gasteiger partial charge in [-0.2, -0.15) is 4.98 Å². The second-order valence-electron chi connectivity index (χ2n) is 5.99. The van der Waals surface area contributed by atoms with Crippen molar-refractivity contribution in [2.75, 3.05) is 13.2 Å². The van der Waals surface area contributed by atoms with E-state index in [1.807, 2.05) is 32.0 Å². The number of aryl methyl sites for hydroxylation is 2. The fourth-order valence-corrected chi connectivity index (χ4v) is 2.62. The topological polar surface area (TPSA) is 98.5 Å². The third-order valence-electron chi connectivity index (χ3n) is 3.78. The highest BCUT2D eigenvalue weighted by atomic mass is 35.5. The number of nitrogens with zero attached hydrogens (tertiary/aromatic N) is 4. The first-order valence-corrected chi connectivity index (χ1v) is 8.69. The van der Waals surface area contributed by atoms with Gasteiger partial charge in [0.05, 0.1) is 0 Å². The number of aromatic nitrogens is 4. The molecule has 0 aliphatic carbocycles. The third-order valence-corrected chi connectivity index (χ3v) is 4.04. The predicted molar refractivity (Wildman–Crippen MR) is 98.7 cm³/mol. The lowest BCUT2D eigenvalue weighted by Gasteiger charge is -2.05. The van der Waals surface area contributed by atoms with Crippen LogP contribution in [0.3, 0.4) is 0 Å². The number of carbonyl (C=O) groups excluding carboxylic acids is 2. The van der Waals surface area contributed by atoms with E-state index in [-0.39, 0.29) is 5.82 Å². The van der Waals surface area contributed by atoms with Crippen molar-refractivity contribution in [1.82, 2.24) is 24.9 Å². The van der Waals surface area contributed by atoms with E-state index in [1.54, 1.807) is 12.1 Å². The smallest absolute Gasteiger partial charge is 0.378 e. The maximum absolute atomic E-state index is 12.1. The summed E-state index contributed by atoms with van der Waals surface area (Å²) in [6.07, 6.45) is 0.648. The Balaban J connectivity index is 1.49. The van der Waals surface area contributed by atoms with Crippen LogP contribution in [0.4, 0.5) is 0 Å². The molecule has 0 unspecified atom stereocenters. The molecule has 1 N–H and O–H groups in total. The van der Waals surface area contributed by atoms with Crippen molar-refractivity contribution in [3.63, 3.8) is 0 Å². The fraction of sp³-hybridized carbons (Fsp3) is 0.278. The number of halogens is 1. The van der Waals surface area contributed by atoms with E-state index in [0.29, 0.717) is 23.8 Å². The van der Waals surface area contributed by atoms with E-state index in [0.717, 1.165) is 17.0 Å². The largest absolute Gasteiger partial charge is 0.450 e. The van der Waals surface area contributed by atoms with Crippen LogP contribution in [0.1, 0.15) is 27.6 Å². The fourth-order valence-electron chi connectivity index (χ4n) is 2.50. The molecule has 8 nitrogen and oxygen atoms in total. The molecule has 3 rings (SSSR count). The molecule has 2 aromatic heterocycles. The van der Waals surface area contributed by atoms with Gasteiger partial charge in [0.15, 0.2) is 6.61 Å². The number of hydrogen-bond donors (Lipinski definition) is 1. The summed E-state index contributed by atoms with van der Waals surface area (Å²) in [7, 11) is 0. The summed E-state index contributed by atoms with van der Waals surface area (Å²) in [5, 5.41) is 7.42. The summed E-state index contributed by atoms with van der Waals surface area (Å²) < 4.78 is 6.43. The molecular weight excluding hydrogens is 370 g/mol. The summed E-state index contributed by atoms with van der Waals surface area (Å²) >= 11 is 5.83. The van der Waals surface area contributed by atoms with Crippen LogP contribution >= 0.6 is 11.6 Å². The predicted octanol–water partition coefficient (Wildman–Crippen LogP) is 1.91. The first-order valence-electron chi connectivity index (χ1n) is 8.31. The highest BCUT2D eigenvalue weighted by Gasteiger charge is 2.17. The van der Waals surface area contributed by atoms with Crippen molar-refractivity contribution in [3.8, 4) is 0 Å². The van der Waals surface area contributed by atoms with E-state index in [9.17, 15) is 9.59 Å². The van der Waals surface area contributed by atoms with Crippen molar-refractivity contribution in [2.45, 2.75) is 20.3 Å². The normalized spacial score (nSPS) is 10.8. The first-order chi connectivity index (χ1) is 12.9. The zero-order valence-electron chi connectivity index (χ0n) is 14.9. The summed E-state index contributed by atoms with van der Waals surface area (Å²) in [5.41, 5.74) is 2.61. The molecule has 0 bridgehead atoms. The second-order valence-corrected chi connectivity index (χ2v) is 6.43. The SMILES string of the molecule is Cc1cc(C)n2nc(C(=O)OCC(=O)NCCc3ccc(Cl)cc3)nc2n1. The van der Waals surface area contributed by atoms with Crippen LogP contribution in [-0.2, 0) is 16.0 Å². The van der Waals surface area contributed by atoms with Gasteiger partial charge in [-0.25, -0.2) is 14.3 Å². The summed E-state index contributed by atoms with van der Waals surface area (Å²) in [5.74, 6) is -0.992. The summed E-state index contributed by atoms with van der Waals surface area (Å²) in [6, 6.07) is 9.19. The Labute approximate surface area is 160 Å². The lowest BCUT2D eigenvalue weighted by atomic mass is 10.1. The Morgan fingerprint density at radius 3 is 2.67 bits per heavy atom. The Morgan fingerprint density at radius 1 is 1.19 bits per heavy atom. The molecule has 140 valence electrons. The molecule has 0 radical (unpaired) electrons. The minimum absolute atomic E-state index is 0.134. The van der Waals surface area contributed by atoms with Gasteiger partial charge in [0.2, 0.25) is 0 Å². The van der Waals surface area contributed by atoms with Gasteiger partial charge in [-0.05, 0) is 44.0 Å². The highest BCUT2D eigenvalue weighted by Crippen LogP contribution is 2.09. The Hall–Kier alpha value is -3.00. The Morgan fingerprint density at radius 2 is 1.93 bits per heavy atom. The van der Waals surface area contributed by atoms with Gasteiger partial charge in [-0.15, -0.1) is 5.10 Å². The van der Waals surface area contributed by atoms with Crippen LogP contribution in [0.25, 0.3) is 5.78 Å². The van der Waals surface area contributed by atoms with Crippen LogP contribution in [-0.4, -0.2) is 44.6 Å². The van der Waals surface area contributed by atoms with Gasteiger partial charge in [0, 0.05) is 23.0 Å². The zero-order chi connectivity index (χ0) is 19.4. The number of benzene rings is 1. The van der Waals surface area contributed by atoms with Crippen LogP contribution < -0.4 is 5.32 Å². The molecule has 3 aromatic rings. The van der Waals surface area contributed by atoms with Gasteiger partial charge in [0.1, 0.15) is 0 Å². The van der Waals surface area contributed by atoms with E-state index >= 15 is 0 Å². The van der Waals surface area contributed by atoms with Crippen molar-refractivity contribution in [2.24, 2.45) is 0 Å². The average Bonchev–Trinajstić information content (AvgIpc) is 3.06. The zero-order valence-corrected chi connectivity index (χ0v) is 15.7. The summed E-state index contributed by atoms with van der Waals surface area (Å²) in [6.45, 7) is 3.68. The molecule has 1 aromatic carbocycles. The molecule has 27 heavy (non-hydrogen) atoms. The molecule has 0 saturated carbocycles. The maximum atomic E-state index is 12.1. The maximum Gasteiger partial charge on any atom is 0.378 e.